The maximum absolute atomic E-state index is 12.2. The number of aromatic nitrogens is 1. The highest BCUT2D eigenvalue weighted by Gasteiger charge is 2.22. The van der Waals surface area contributed by atoms with Crippen LogP contribution in [-0.4, -0.2) is 36.1 Å². The molecule has 0 aliphatic carbocycles. The summed E-state index contributed by atoms with van der Waals surface area (Å²) >= 11 is 0. The molecule has 2 atom stereocenters. The number of rotatable bonds is 6. The van der Waals surface area contributed by atoms with Crippen molar-refractivity contribution in [3.8, 4) is 0 Å². The van der Waals surface area contributed by atoms with Gasteiger partial charge in [0.15, 0.2) is 0 Å². The molecule has 0 saturated carbocycles. The summed E-state index contributed by atoms with van der Waals surface area (Å²) in [5, 5.41) is 6.27. The van der Waals surface area contributed by atoms with Crippen LogP contribution in [0.25, 0.3) is 0 Å². The third-order valence-electron chi connectivity index (χ3n) is 4.42. The van der Waals surface area contributed by atoms with Gasteiger partial charge < -0.3 is 19.9 Å². The Hall–Kier alpha value is -1.82. The Kier molecular flexibility index (Phi) is 6.21. The molecule has 2 unspecified atom stereocenters. The van der Waals surface area contributed by atoms with Crippen molar-refractivity contribution in [3.05, 3.63) is 18.0 Å². The second-order valence-electron chi connectivity index (χ2n) is 6.28. The Bertz CT molecular complexity index is 547. The number of nitrogens with one attached hydrogen (secondary N) is 2. The summed E-state index contributed by atoms with van der Waals surface area (Å²) < 4.78 is 6.66. The average Bonchev–Trinajstić information content (AvgIpc) is 2.88. The third-order valence-corrected chi connectivity index (χ3v) is 4.42. The monoisotopic (exact) mass is 321 g/mol. The van der Waals surface area contributed by atoms with E-state index >= 15 is 0 Å². The van der Waals surface area contributed by atoms with Crippen molar-refractivity contribution in [2.75, 3.05) is 25.0 Å². The van der Waals surface area contributed by atoms with Crippen LogP contribution in [0.5, 0.6) is 0 Å². The Morgan fingerprint density at radius 1 is 1.52 bits per heavy atom. The van der Waals surface area contributed by atoms with Crippen molar-refractivity contribution >= 4 is 17.6 Å². The highest BCUT2D eigenvalue weighted by atomic mass is 16.5. The fourth-order valence-electron chi connectivity index (χ4n) is 3.08. The van der Waals surface area contributed by atoms with Crippen molar-refractivity contribution in [1.82, 2.24) is 9.88 Å². The molecule has 1 aromatic heterocycles. The van der Waals surface area contributed by atoms with Crippen LogP contribution in [0, 0.1) is 11.8 Å². The quantitative estimate of drug-likeness (QED) is 0.788. The molecule has 1 aliphatic heterocycles. The summed E-state index contributed by atoms with van der Waals surface area (Å²) in [5.41, 5.74) is 1.07. The topological polar surface area (TPSA) is 72.4 Å². The number of esters is 1. The molecule has 1 aromatic rings. The molecule has 0 bridgehead atoms. The van der Waals surface area contributed by atoms with Crippen LogP contribution in [-0.2, 0) is 16.6 Å². The molecule has 1 aliphatic rings. The van der Waals surface area contributed by atoms with E-state index in [1.165, 1.54) is 12.8 Å². The Labute approximate surface area is 137 Å². The lowest BCUT2D eigenvalue weighted by Gasteiger charge is -2.27. The molecule has 0 aromatic carbocycles. The van der Waals surface area contributed by atoms with Crippen molar-refractivity contribution in [3.63, 3.8) is 0 Å². The van der Waals surface area contributed by atoms with Gasteiger partial charge in [-0.25, -0.2) is 4.79 Å². The minimum absolute atomic E-state index is 0.0101. The standard InChI is InChI=1S/C17H27N3O3/c1-4-23-17(22)15-9-14(11-20(15)3)19-16(21)8-12(2)13-6-5-7-18-10-13/h9,11-13,18H,4-8,10H2,1-3H3,(H,19,21). The minimum Gasteiger partial charge on any atom is -0.461 e. The molecule has 128 valence electrons. The molecule has 23 heavy (non-hydrogen) atoms. The van der Waals surface area contributed by atoms with Crippen LogP contribution in [0.2, 0.25) is 0 Å². The first-order chi connectivity index (χ1) is 11.0. The summed E-state index contributed by atoms with van der Waals surface area (Å²) in [5.74, 6) is 0.512. The lowest BCUT2D eigenvalue weighted by Crippen LogP contribution is -2.34. The van der Waals surface area contributed by atoms with Crippen molar-refractivity contribution in [2.24, 2.45) is 18.9 Å². The molecule has 0 spiro atoms. The molecule has 1 amide bonds. The number of hydrogen-bond acceptors (Lipinski definition) is 4. The van der Waals surface area contributed by atoms with E-state index in [1.54, 1.807) is 30.8 Å². The SMILES string of the molecule is CCOC(=O)c1cc(NC(=O)CC(C)C2CCCNC2)cn1C. The van der Waals surface area contributed by atoms with Gasteiger partial charge in [0.25, 0.3) is 0 Å². The van der Waals surface area contributed by atoms with Crippen LogP contribution >= 0.6 is 0 Å². The summed E-state index contributed by atoms with van der Waals surface area (Å²) in [4.78, 5) is 24.0. The number of carbonyl (C=O) groups is 2. The average molecular weight is 321 g/mol. The normalized spacial score (nSPS) is 19.2. The van der Waals surface area contributed by atoms with Gasteiger partial charge >= 0.3 is 5.97 Å². The molecule has 1 fully saturated rings. The lowest BCUT2D eigenvalue weighted by atomic mass is 9.85. The zero-order valence-corrected chi connectivity index (χ0v) is 14.2. The van der Waals surface area contributed by atoms with E-state index in [2.05, 4.69) is 17.6 Å². The van der Waals surface area contributed by atoms with Crippen LogP contribution in [0.3, 0.4) is 0 Å². The van der Waals surface area contributed by atoms with Gasteiger partial charge in [-0.05, 0) is 50.8 Å². The van der Waals surface area contributed by atoms with Gasteiger partial charge in [-0.1, -0.05) is 6.92 Å². The fraction of sp³-hybridized carbons (Fsp3) is 0.647. The molecule has 2 heterocycles. The predicted molar refractivity (Wildman–Crippen MR) is 89.4 cm³/mol. The first-order valence-electron chi connectivity index (χ1n) is 8.35. The van der Waals surface area contributed by atoms with Crippen LogP contribution in [0.4, 0.5) is 5.69 Å². The third kappa shape index (κ3) is 4.82. The number of aryl methyl sites for hydroxylation is 1. The highest BCUT2D eigenvalue weighted by molar-refractivity contribution is 5.94. The van der Waals surface area contributed by atoms with Gasteiger partial charge in [0.05, 0.1) is 12.3 Å². The number of carbonyl (C=O) groups excluding carboxylic acids is 2. The second-order valence-corrected chi connectivity index (χ2v) is 6.28. The van der Waals surface area contributed by atoms with Gasteiger partial charge in [-0.15, -0.1) is 0 Å². The highest BCUT2D eigenvalue weighted by Crippen LogP contribution is 2.23. The maximum atomic E-state index is 12.2. The Morgan fingerprint density at radius 3 is 2.96 bits per heavy atom. The summed E-state index contributed by atoms with van der Waals surface area (Å²) in [7, 11) is 1.76. The number of anilines is 1. The zero-order chi connectivity index (χ0) is 16.8. The number of hydrogen-bond donors (Lipinski definition) is 2. The molecule has 1 saturated heterocycles. The fourth-order valence-corrected chi connectivity index (χ4v) is 3.08. The van der Waals surface area contributed by atoms with Crippen molar-refractivity contribution < 1.29 is 14.3 Å². The van der Waals surface area contributed by atoms with Gasteiger partial charge in [-0.3, -0.25) is 4.79 Å². The molecular weight excluding hydrogens is 294 g/mol. The largest absolute Gasteiger partial charge is 0.461 e. The van der Waals surface area contributed by atoms with E-state index in [4.69, 9.17) is 4.74 Å². The minimum atomic E-state index is -0.378. The molecule has 2 N–H and O–H groups in total. The number of ether oxygens (including phenoxy) is 1. The van der Waals surface area contributed by atoms with Gasteiger partial charge in [0.1, 0.15) is 5.69 Å². The van der Waals surface area contributed by atoms with E-state index < -0.39 is 0 Å². The zero-order valence-electron chi connectivity index (χ0n) is 14.2. The molecule has 2 rings (SSSR count). The van der Waals surface area contributed by atoms with E-state index in [0.717, 1.165) is 13.1 Å². The van der Waals surface area contributed by atoms with Crippen molar-refractivity contribution in [1.29, 1.82) is 0 Å². The number of piperidine rings is 1. The number of nitrogens with zero attached hydrogens (tertiary/aromatic N) is 1. The van der Waals surface area contributed by atoms with E-state index in [9.17, 15) is 9.59 Å². The molecule has 0 radical (unpaired) electrons. The number of amides is 1. The molecule has 6 heteroatoms. The van der Waals surface area contributed by atoms with Gasteiger partial charge in [-0.2, -0.15) is 0 Å². The van der Waals surface area contributed by atoms with Crippen LogP contribution < -0.4 is 10.6 Å². The smallest absolute Gasteiger partial charge is 0.355 e. The van der Waals surface area contributed by atoms with E-state index in [1.807, 2.05) is 0 Å². The van der Waals surface area contributed by atoms with Crippen LogP contribution in [0.1, 0.15) is 43.6 Å². The van der Waals surface area contributed by atoms with Gasteiger partial charge in [0.2, 0.25) is 5.91 Å². The lowest BCUT2D eigenvalue weighted by molar-refractivity contribution is -0.117. The van der Waals surface area contributed by atoms with Gasteiger partial charge in [0, 0.05) is 19.7 Å². The van der Waals surface area contributed by atoms with E-state index in [0.29, 0.717) is 36.2 Å². The molecule has 6 nitrogen and oxygen atoms in total. The molecular formula is C17H27N3O3. The first-order valence-corrected chi connectivity index (χ1v) is 8.35. The van der Waals surface area contributed by atoms with E-state index in [-0.39, 0.29) is 11.9 Å². The summed E-state index contributed by atoms with van der Waals surface area (Å²) in [6.45, 7) is 6.30. The second kappa shape index (κ2) is 8.15. The Morgan fingerprint density at radius 2 is 2.30 bits per heavy atom. The maximum Gasteiger partial charge on any atom is 0.355 e. The Balaban J connectivity index is 1.89. The predicted octanol–water partition coefficient (Wildman–Crippen LogP) is 2.17. The summed E-state index contributed by atoms with van der Waals surface area (Å²) in [6, 6.07) is 1.66. The summed E-state index contributed by atoms with van der Waals surface area (Å²) in [6.07, 6.45) is 4.59. The first kappa shape index (κ1) is 17.5. The van der Waals surface area contributed by atoms with Crippen LogP contribution in [0.15, 0.2) is 12.3 Å². The van der Waals surface area contributed by atoms with Crippen molar-refractivity contribution in [2.45, 2.75) is 33.1 Å².